The Morgan fingerprint density at radius 2 is 2.32 bits per heavy atom. The van der Waals surface area contributed by atoms with Crippen molar-refractivity contribution < 1.29 is 9.32 Å². The quantitative estimate of drug-likeness (QED) is 0.710. The Balaban J connectivity index is 1.77. The van der Waals surface area contributed by atoms with Gasteiger partial charge in [-0.25, -0.2) is 0 Å². The van der Waals surface area contributed by atoms with Gasteiger partial charge in [-0.15, -0.1) is 11.3 Å². The van der Waals surface area contributed by atoms with Gasteiger partial charge in [-0.3, -0.25) is 4.79 Å². The zero-order valence-electron chi connectivity index (χ0n) is 9.79. The maximum Gasteiger partial charge on any atom is 0.261 e. The van der Waals surface area contributed by atoms with E-state index in [9.17, 15) is 4.79 Å². The Kier molecular flexibility index (Phi) is 2.88. The van der Waals surface area contributed by atoms with Crippen LogP contribution in [0.2, 0.25) is 0 Å². The normalized spacial score (nSPS) is 10.7. The lowest BCUT2D eigenvalue weighted by molar-refractivity contribution is 0.0954. The van der Waals surface area contributed by atoms with Gasteiger partial charge in [0.25, 0.3) is 5.91 Å². The zero-order chi connectivity index (χ0) is 13.2. The summed E-state index contributed by atoms with van der Waals surface area (Å²) in [6.45, 7) is 0.242. The third-order valence-electron chi connectivity index (χ3n) is 2.58. The number of carbonyl (C=O) groups is 1. The van der Waals surface area contributed by atoms with Crippen LogP contribution in [0.4, 0.5) is 5.69 Å². The van der Waals surface area contributed by atoms with E-state index in [1.807, 2.05) is 24.3 Å². The molecule has 0 bridgehead atoms. The van der Waals surface area contributed by atoms with Crippen molar-refractivity contribution in [1.82, 2.24) is 15.5 Å². The third-order valence-corrected chi connectivity index (χ3v) is 3.69. The first kappa shape index (κ1) is 11.7. The summed E-state index contributed by atoms with van der Waals surface area (Å²) >= 11 is 1.42. The first-order valence-corrected chi connectivity index (χ1v) is 6.36. The molecule has 0 unspecified atom stereocenters. The van der Waals surface area contributed by atoms with Crippen LogP contribution in [-0.4, -0.2) is 16.0 Å². The largest absolute Gasteiger partial charge is 0.399 e. The molecule has 96 valence electrons. The van der Waals surface area contributed by atoms with Crippen molar-refractivity contribution in [3.05, 3.63) is 41.4 Å². The van der Waals surface area contributed by atoms with Gasteiger partial charge in [0, 0.05) is 10.4 Å². The van der Waals surface area contributed by atoms with E-state index in [0.717, 1.165) is 10.1 Å². The van der Waals surface area contributed by atoms with Gasteiger partial charge in [0.2, 0.25) is 6.39 Å². The van der Waals surface area contributed by atoms with Gasteiger partial charge >= 0.3 is 0 Å². The first-order valence-electron chi connectivity index (χ1n) is 5.55. The number of aromatic nitrogens is 2. The zero-order valence-corrected chi connectivity index (χ0v) is 10.6. The molecule has 0 aliphatic carbocycles. The molecule has 1 aromatic carbocycles. The molecule has 3 rings (SSSR count). The van der Waals surface area contributed by atoms with Crippen molar-refractivity contribution in [2.75, 3.05) is 5.73 Å². The van der Waals surface area contributed by atoms with Gasteiger partial charge < -0.3 is 15.6 Å². The second kappa shape index (κ2) is 4.69. The number of anilines is 1. The summed E-state index contributed by atoms with van der Waals surface area (Å²) in [5, 5.41) is 7.32. The van der Waals surface area contributed by atoms with E-state index in [-0.39, 0.29) is 12.5 Å². The lowest BCUT2D eigenvalue weighted by atomic mass is 10.2. The number of thiophene rings is 1. The average molecular weight is 274 g/mol. The Labute approximate surface area is 112 Å². The number of nitrogen functional groups attached to an aromatic ring is 1. The Morgan fingerprint density at radius 3 is 3.11 bits per heavy atom. The van der Waals surface area contributed by atoms with Gasteiger partial charge in [-0.05, 0) is 29.7 Å². The van der Waals surface area contributed by atoms with E-state index >= 15 is 0 Å². The van der Waals surface area contributed by atoms with Gasteiger partial charge in [0.15, 0.2) is 5.82 Å². The number of fused-ring (bicyclic) bond motifs is 1. The van der Waals surface area contributed by atoms with Crippen LogP contribution in [0.5, 0.6) is 0 Å². The molecule has 0 aliphatic heterocycles. The van der Waals surface area contributed by atoms with Crippen LogP contribution in [0.15, 0.2) is 35.2 Å². The topological polar surface area (TPSA) is 94.0 Å². The minimum atomic E-state index is -0.162. The number of nitrogens with two attached hydrogens (primary N) is 1. The smallest absolute Gasteiger partial charge is 0.261 e. The lowest BCUT2D eigenvalue weighted by Crippen LogP contribution is -2.22. The van der Waals surface area contributed by atoms with Crippen LogP contribution >= 0.6 is 11.3 Å². The van der Waals surface area contributed by atoms with Crippen LogP contribution in [0.25, 0.3) is 10.1 Å². The van der Waals surface area contributed by atoms with Crippen molar-refractivity contribution in [2.45, 2.75) is 6.54 Å². The molecular weight excluding hydrogens is 264 g/mol. The van der Waals surface area contributed by atoms with Gasteiger partial charge in [-0.1, -0.05) is 5.16 Å². The highest BCUT2D eigenvalue weighted by molar-refractivity contribution is 7.20. The van der Waals surface area contributed by atoms with E-state index < -0.39 is 0 Å². The first-order chi connectivity index (χ1) is 9.22. The molecule has 0 aliphatic rings. The fraction of sp³-hybridized carbons (Fsp3) is 0.0833. The summed E-state index contributed by atoms with van der Waals surface area (Å²) in [4.78, 5) is 16.4. The van der Waals surface area contributed by atoms with Gasteiger partial charge in [0.05, 0.1) is 11.4 Å². The van der Waals surface area contributed by atoms with Crippen molar-refractivity contribution in [3.63, 3.8) is 0 Å². The summed E-state index contributed by atoms with van der Waals surface area (Å²) in [6, 6.07) is 7.40. The summed E-state index contributed by atoms with van der Waals surface area (Å²) in [5.41, 5.74) is 6.39. The predicted molar refractivity (Wildman–Crippen MR) is 71.7 cm³/mol. The molecule has 2 aromatic heterocycles. The minimum absolute atomic E-state index is 0.162. The maximum atomic E-state index is 12.0. The number of rotatable bonds is 3. The molecule has 0 saturated carbocycles. The molecule has 19 heavy (non-hydrogen) atoms. The molecule has 0 saturated heterocycles. The third kappa shape index (κ3) is 2.41. The van der Waals surface area contributed by atoms with E-state index in [0.29, 0.717) is 16.4 Å². The van der Waals surface area contributed by atoms with Crippen LogP contribution in [-0.2, 0) is 6.54 Å². The highest BCUT2D eigenvalue weighted by Crippen LogP contribution is 2.27. The van der Waals surface area contributed by atoms with Crippen LogP contribution in [0, 0.1) is 0 Å². The molecule has 0 atom stereocenters. The number of hydrogen-bond acceptors (Lipinski definition) is 6. The molecule has 3 aromatic rings. The van der Waals surface area contributed by atoms with E-state index in [1.165, 1.54) is 17.7 Å². The van der Waals surface area contributed by atoms with Crippen molar-refractivity contribution in [1.29, 1.82) is 0 Å². The van der Waals surface area contributed by atoms with E-state index in [4.69, 9.17) is 5.73 Å². The maximum absolute atomic E-state index is 12.0. The van der Waals surface area contributed by atoms with Crippen LogP contribution < -0.4 is 11.1 Å². The summed E-state index contributed by atoms with van der Waals surface area (Å²) in [7, 11) is 0. The molecule has 3 N–H and O–H groups in total. The number of hydrogen-bond donors (Lipinski definition) is 2. The van der Waals surface area contributed by atoms with E-state index in [2.05, 4.69) is 20.0 Å². The van der Waals surface area contributed by atoms with Crippen molar-refractivity contribution >= 4 is 33.0 Å². The van der Waals surface area contributed by atoms with Gasteiger partial charge in [0.1, 0.15) is 0 Å². The summed E-state index contributed by atoms with van der Waals surface area (Å²) < 4.78 is 5.62. The van der Waals surface area contributed by atoms with Gasteiger partial charge in [-0.2, -0.15) is 4.98 Å². The van der Waals surface area contributed by atoms with Crippen molar-refractivity contribution in [3.8, 4) is 0 Å². The second-order valence-corrected chi connectivity index (χ2v) is 5.02. The van der Waals surface area contributed by atoms with Crippen LogP contribution in [0.1, 0.15) is 15.5 Å². The van der Waals surface area contributed by atoms with Crippen molar-refractivity contribution in [2.24, 2.45) is 0 Å². The molecule has 1 amide bonds. The molecule has 0 fully saturated rings. The molecular formula is C12H10N4O2S. The number of benzene rings is 1. The average Bonchev–Trinajstić information content (AvgIpc) is 3.04. The lowest BCUT2D eigenvalue weighted by Gasteiger charge is -1.98. The standard InChI is InChI=1S/C12H10N4O2S/c13-8-1-2-9-7(3-8)4-10(19-9)12(17)14-5-11-15-6-18-16-11/h1-4,6H,5,13H2,(H,14,17). The number of amides is 1. The molecule has 2 heterocycles. The minimum Gasteiger partial charge on any atom is -0.399 e. The fourth-order valence-corrected chi connectivity index (χ4v) is 2.65. The Morgan fingerprint density at radius 1 is 1.42 bits per heavy atom. The fourth-order valence-electron chi connectivity index (χ4n) is 1.69. The SMILES string of the molecule is Nc1ccc2sc(C(=O)NCc3ncon3)cc2c1. The monoisotopic (exact) mass is 274 g/mol. The molecule has 6 nitrogen and oxygen atoms in total. The highest BCUT2D eigenvalue weighted by Gasteiger charge is 2.11. The second-order valence-electron chi connectivity index (χ2n) is 3.94. The highest BCUT2D eigenvalue weighted by atomic mass is 32.1. The Hall–Kier alpha value is -2.41. The molecule has 7 heteroatoms. The molecule has 0 radical (unpaired) electrons. The number of nitrogens with one attached hydrogen (secondary N) is 1. The predicted octanol–water partition coefficient (Wildman–Crippen LogP) is 1.80. The number of nitrogens with zero attached hydrogens (tertiary/aromatic N) is 2. The van der Waals surface area contributed by atoms with Crippen LogP contribution in [0.3, 0.4) is 0 Å². The van der Waals surface area contributed by atoms with E-state index in [1.54, 1.807) is 0 Å². The number of carbonyl (C=O) groups excluding carboxylic acids is 1. The molecule has 0 spiro atoms. The summed E-state index contributed by atoms with van der Waals surface area (Å²) in [6.07, 6.45) is 1.23. The summed E-state index contributed by atoms with van der Waals surface area (Å²) in [5.74, 6) is 0.281. The Bertz CT molecular complexity index is 720.